The van der Waals surface area contributed by atoms with Crippen LogP contribution in [0.5, 0.6) is 0 Å². The molecule has 0 amide bonds. The summed E-state index contributed by atoms with van der Waals surface area (Å²) in [6, 6.07) is 0. The molecule has 1 unspecified atom stereocenters. The zero-order valence-electron chi connectivity index (χ0n) is 21.2. The number of unbranched alkanes of at least 4 members (excludes halogenated alkanes) is 16. The van der Waals surface area contributed by atoms with Gasteiger partial charge in [-0.15, -0.1) is 0 Å². The summed E-state index contributed by atoms with van der Waals surface area (Å²) in [5, 5.41) is 0. The monoisotopic (exact) mass is 420 g/mol. The van der Waals surface area contributed by atoms with Gasteiger partial charge in [0.05, 0.1) is 0 Å². The summed E-state index contributed by atoms with van der Waals surface area (Å²) >= 11 is 0. The summed E-state index contributed by atoms with van der Waals surface area (Å²) in [4.78, 5) is 5.34. The van der Waals surface area contributed by atoms with E-state index in [4.69, 9.17) is 0 Å². The molecule has 0 aromatic rings. The van der Waals surface area contributed by atoms with Gasteiger partial charge in [0.25, 0.3) is 0 Å². The van der Waals surface area contributed by atoms with E-state index in [1.165, 1.54) is 142 Å². The van der Waals surface area contributed by atoms with Gasteiger partial charge in [0.15, 0.2) is 0 Å². The lowest BCUT2D eigenvalue weighted by Gasteiger charge is -2.33. The van der Waals surface area contributed by atoms with E-state index < -0.39 is 0 Å². The first-order chi connectivity index (χ1) is 14.8. The third-order valence-electron chi connectivity index (χ3n) is 6.82. The highest BCUT2D eigenvalue weighted by Gasteiger charge is 2.24. The molecule has 1 rings (SSSR count). The van der Waals surface area contributed by atoms with Crippen molar-refractivity contribution in [1.82, 2.24) is 9.80 Å². The molecule has 0 aromatic carbocycles. The lowest BCUT2D eigenvalue weighted by molar-refractivity contribution is 0.135. The average molecular weight is 421 g/mol. The van der Waals surface area contributed by atoms with Crippen LogP contribution in [-0.2, 0) is 0 Å². The highest BCUT2D eigenvalue weighted by atomic mass is 15.4. The molecular weight excluding hydrogens is 364 g/mol. The van der Waals surface area contributed by atoms with Crippen molar-refractivity contribution in [1.29, 1.82) is 0 Å². The van der Waals surface area contributed by atoms with Gasteiger partial charge >= 0.3 is 0 Å². The zero-order valence-corrected chi connectivity index (χ0v) is 21.2. The van der Waals surface area contributed by atoms with Crippen LogP contribution < -0.4 is 0 Å². The molecule has 0 saturated carbocycles. The van der Waals surface area contributed by atoms with Gasteiger partial charge < -0.3 is 9.80 Å². The first kappa shape index (κ1) is 27.4. The molecule has 1 atom stereocenters. The Kier molecular flexibility index (Phi) is 18.5. The Labute approximate surface area is 190 Å². The van der Waals surface area contributed by atoms with E-state index >= 15 is 0 Å². The molecule has 1 aliphatic heterocycles. The van der Waals surface area contributed by atoms with Crippen LogP contribution in [0.3, 0.4) is 0 Å². The van der Waals surface area contributed by atoms with Crippen molar-refractivity contribution in [3.8, 4) is 0 Å². The van der Waals surface area contributed by atoms with E-state index in [2.05, 4.69) is 43.0 Å². The normalized spacial score (nSPS) is 16.2. The van der Waals surface area contributed by atoms with Crippen LogP contribution in [-0.4, -0.2) is 29.1 Å². The predicted octanol–water partition coefficient (Wildman–Crippen LogP) is 9.26. The maximum atomic E-state index is 2.67. The Morgan fingerprint density at radius 2 is 0.767 bits per heavy atom. The molecule has 0 N–H and O–H groups in total. The fraction of sp³-hybridized carbons (Fsp3) is 0.929. The Morgan fingerprint density at radius 3 is 1.20 bits per heavy atom. The van der Waals surface area contributed by atoms with Crippen LogP contribution in [0.15, 0.2) is 12.4 Å². The maximum Gasteiger partial charge on any atom is 0.101 e. The third kappa shape index (κ3) is 13.6. The maximum absolute atomic E-state index is 2.67. The van der Waals surface area contributed by atoms with Crippen molar-refractivity contribution in [3.05, 3.63) is 12.4 Å². The lowest BCUT2D eigenvalue weighted by atomic mass is 10.1. The quantitative estimate of drug-likeness (QED) is 0.161. The number of hydrogen-bond donors (Lipinski definition) is 0. The summed E-state index contributed by atoms with van der Waals surface area (Å²) in [7, 11) is 0. The molecule has 0 aromatic heterocycles. The van der Waals surface area contributed by atoms with Crippen LogP contribution >= 0.6 is 0 Å². The number of nitrogens with zero attached hydrogens (tertiary/aromatic N) is 2. The smallest absolute Gasteiger partial charge is 0.101 e. The minimum absolute atomic E-state index is 0.645. The molecule has 0 bridgehead atoms. The molecule has 0 aliphatic carbocycles. The molecular formula is C28H56N2. The predicted molar refractivity (Wildman–Crippen MR) is 136 cm³/mol. The van der Waals surface area contributed by atoms with Crippen molar-refractivity contribution >= 4 is 0 Å². The Bertz CT molecular complexity index is 379. The summed E-state index contributed by atoms with van der Waals surface area (Å²) in [5.41, 5.74) is 0. The molecule has 1 aliphatic rings. The van der Waals surface area contributed by atoms with Crippen LogP contribution in [0.25, 0.3) is 0 Å². The fourth-order valence-electron chi connectivity index (χ4n) is 4.77. The van der Waals surface area contributed by atoms with E-state index in [9.17, 15) is 0 Å². The highest BCUT2D eigenvalue weighted by Crippen LogP contribution is 2.23. The first-order valence-electron chi connectivity index (χ1n) is 14.0. The molecule has 1 heterocycles. The lowest BCUT2D eigenvalue weighted by Crippen LogP contribution is -2.39. The van der Waals surface area contributed by atoms with Gasteiger partial charge in [0.2, 0.25) is 0 Å². The fourth-order valence-corrected chi connectivity index (χ4v) is 4.77. The molecule has 0 saturated heterocycles. The minimum atomic E-state index is 0.645. The Balaban J connectivity index is 2.27. The zero-order chi connectivity index (χ0) is 21.7. The Morgan fingerprint density at radius 1 is 0.433 bits per heavy atom. The van der Waals surface area contributed by atoms with Crippen LogP contribution in [0, 0.1) is 0 Å². The summed E-state index contributed by atoms with van der Waals surface area (Å²) in [6.45, 7) is 9.44. The van der Waals surface area contributed by atoms with Crippen LogP contribution in [0.1, 0.15) is 149 Å². The average Bonchev–Trinajstić information content (AvgIpc) is 3.14. The van der Waals surface area contributed by atoms with Crippen LogP contribution in [0.2, 0.25) is 0 Å². The van der Waals surface area contributed by atoms with Gasteiger partial charge in [0.1, 0.15) is 6.17 Å². The Hall–Kier alpha value is -0.660. The molecule has 0 spiro atoms. The standard InChI is InChI=1S/C28H56N2/c1-4-7-10-13-15-17-19-22-25-30-27-26-29(24-21-12-9-6-3)28(30)23-20-18-16-14-11-8-5-2/h26-28H,4-25H2,1-3H3. The van der Waals surface area contributed by atoms with E-state index in [-0.39, 0.29) is 0 Å². The van der Waals surface area contributed by atoms with E-state index in [0.29, 0.717) is 6.17 Å². The molecule has 30 heavy (non-hydrogen) atoms. The van der Waals surface area contributed by atoms with Crippen molar-refractivity contribution in [2.75, 3.05) is 13.1 Å². The van der Waals surface area contributed by atoms with Crippen molar-refractivity contribution in [2.45, 2.75) is 155 Å². The second kappa shape index (κ2) is 20.3. The first-order valence-corrected chi connectivity index (χ1v) is 14.0. The van der Waals surface area contributed by atoms with E-state index in [1.807, 2.05) is 0 Å². The summed E-state index contributed by atoms with van der Waals surface area (Å²) in [6.07, 6.45) is 33.6. The largest absolute Gasteiger partial charge is 0.356 e. The molecule has 2 nitrogen and oxygen atoms in total. The highest BCUT2D eigenvalue weighted by molar-refractivity contribution is 4.97. The minimum Gasteiger partial charge on any atom is -0.356 e. The van der Waals surface area contributed by atoms with Crippen molar-refractivity contribution < 1.29 is 0 Å². The van der Waals surface area contributed by atoms with Gasteiger partial charge in [-0.05, 0) is 25.7 Å². The third-order valence-corrected chi connectivity index (χ3v) is 6.82. The van der Waals surface area contributed by atoms with Crippen molar-refractivity contribution in [2.24, 2.45) is 0 Å². The van der Waals surface area contributed by atoms with Gasteiger partial charge in [0, 0.05) is 25.5 Å². The molecule has 2 heteroatoms. The molecule has 0 radical (unpaired) electrons. The van der Waals surface area contributed by atoms with Gasteiger partial charge in [-0.25, -0.2) is 0 Å². The molecule has 0 fully saturated rings. The van der Waals surface area contributed by atoms with Crippen molar-refractivity contribution in [3.63, 3.8) is 0 Å². The topological polar surface area (TPSA) is 6.48 Å². The number of hydrogen-bond acceptors (Lipinski definition) is 2. The SMILES string of the molecule is CCCCCCCCCCN1C=CN(CCCCCC)C1CCCCCCCCC. The van der Waals surface area contributed by atoms with Gasteiger partial charge in [-0.1, -0.05) is 124 Å². The van der Waals surface area contributed by atoms with Gasteiger partial charge in [-0.2, -0.15) is 0 Å². The van der Waals surface area contributed by atoms with E-state index in [1.54, 1.807) is 0 Å². The van der Waals surface area contributed by atoms with Gasteiger partial charge in [-0.3, -0.25) is 0 Å². The second-order valence-electron chi connectivity index (χ2n) is 9.70. The van der Waals surface area contributed by atoms with E-state index in [0.717, 1.165) is 0 Å². The molecule has 178 valence electrons. The second-order valence-corrected chi connectivity index (χ2v) is 9.70. The summed E-state index contributed by atoms with van der Waals surface area (Å²) < 4.78 is 0. The number of rotatable bonds is 22. The summed E-state index contributed by atoms with van der Waals surface area (Å²) in [5.74, 6) is 0. The van der Waals surface area contributed by atoms with Crippen LogP contribution in [0.4, 0.5) is 0 Å².